The number of hydrogen-bond donors (Lipinski definition) is 2. The Balaban J connectivity index is 1.79. The first-order chi connectivity index (χ1) is 9.72. The van der Waals surface area contributed by atoms with Gasteiger partial charge in [-0.3, -0.25) is 4.79 Å². The van der Waals surface area contributed by atoms with Crippen molar-refractivity contribution in [2.45, 2.75) is 20.3 Å². The van der Waals surface area contributed by atoms with Crippen LogP contribution in [0.2, 0.25) is 0 Å². The van der Waals surface area contributed by atoms with Gasteiger partial charge in [-0.2, -0.15) is 0 Å². The molecule has 5 nitrogen and oxygen atoms in total. The lowest BCUT2D eigenvalue weighted by Gasteiger charge is -2.13. The van der Waals surface area contributed by atoms with Gasteiger partial charge in [-0.05, 0) is 44.5 Å². The van der Waals surface area contributed by atoms with Gasteiger partial charge in [0.1, 0.15) is 5.82 Å². The van der Waals surface area contributed by atoms with Crippen molar-refractivity contribution in [1.82, 2.24) is 15.2 Å². The zero-order chi connectivity index (χ0) is 14.4. The Hall–Kier alpha value is -1.62. The van der Waals surface area contributed by atoms with Crippen LogP contribution in [0.5, 0.6) is 0 Å². The largest absolute Gasteiger partial charge is 0.370 e. The van der Waals surface area contributed by atoms with Crippen LogP contribution < -0.4 is 10.6 Å². The van der Waals surface area contributed by atoms with Gasteiger partial charge in [0.15, 0.2) is 0 Å². The Morgan fingerprint density at radius 1 is 1.45 bits per heavy atom. The molecule has 0 bridgehead atoms. The summed E-state index contributed by atoms with van der Waals surface area (Å²) in [5, 5.41) is 6.12. The van der Waals surface area contributed by atoms with Crippen LogP contribution in [0.15, 0.2) is 18.3 Å². The summed E-state index contributed by atoms with van der Waals surface area (Å²) in [6, 6.07) is 3.65. The Morgan fingerprint density at radius 2 is 2.30 bits per heavy atom. The standard InChI is InChI=1S/C15H24N4O/c1-3-16-14-6-5-13(10-17-14)15(20)18-9-12-7-8-19(4-2)11-12/h5-6,10,12H,3-4,7-9,11H2,1-2H3,(H,16,17)(H,18,20). The fourth-order valence-corrected chi connectivity index (χ4v) is 2.52. The van der Waals surface area contributed by atoms with E-state index < -0.39 is 0 Å². The molecule has 110 valence electrons. The molecule has 1 aliphatic heterocycles. The number of pyridine rings is 1. The van der Waals surface area contributed by atoms with Gasteiger partial charge in [-0.1, -0.05) is 6.92 Å². The second-order valence-electron chi connectivity index (χ2n) is 5.22. The number of carbonyl (C=O) groups excluding carboxylic acids is 1. The van der Waals surface area contributed by atoms with E-state index >= 15 is 0 Å². The summed E-state index contributed by atoms with van der Waals surface area (Å²) in [6.45, 7) is 9.12. The first kappa shape index (κ1) is 14.8. The number of amides is 1. The Kier molecular flexibility index (Phi) is 5.35. The van der Waals surface area contributed by atoms with E-state index in [0.717, 1.165) is 38.5 Å². The molecule has 1 aromatic rings. The average molecular weight is 276 g/mol. The van der Waals surface area contributed by atoms with Crippen LogP contribution in [0.4, 0.5) is 5.82 Å². The molecule has 0 aromatic carbocycles. The van der Waals surface area contributed by atoms with Crippen molar-refractivity contribution < 1.29 is 4.79 Å². The maximum absolute atomic E-state index is 12.0. The zero-order valence-electron chi connectivity index (χ0n) is 12.4. The van der Waals surface area contributed by atoms with Gasteiger partial charge in [-0.25, -0.2) is 4.98 Å². The third-order valence-corrected chi connectivity index (χ3v) is 3.75. The van der Waals surface area contributed by atoms with Crippen molar-refractivity contribution in [2.75, 3.05) is 38.0 Å². The van der Waals surface area contributed by atoms with Crippen LogP contribution in [0.3, 0.4) is 0 Å². The second-order valence-corrected chi connectivity index (χ2v) is 5.22. The molecule has 0 spiro atoms. The number of anilines is 1. The highest BCUT2D eigenvalue weighted by Gasteiger charge is 2.21. The molecule has 20 heavy (non-hydrogen) atoms. The van der Waals surface area contributed by atoms with E-state index in [2.05, 4.69) is 27.4 Å². The molecule has 1 fully saturated rings. The maximum Gasteiger partial charge on any atom is 0.252 e. The molecule has 0 saturated carbocycles. The van der Waals surface area contributed by atoms with E-state index in [4.69, 9.17) is 0 Å². The predicted octanol–water partition coefficient (Wildman–Crippen LogP) is 1.58. The fraction of sp³-hybridized carbons (Fsp3) is 0.600. The molecule has 0 radical (unpaired) electrons. The minimum atomic E-state index is -0.0319. The lowest BCUT2D eigenvalue weighted by Crippen LogP contribution is -2.31. The van der Waals surface area contributed by atoms with Crippen LogP contribution in [0, 0.1) is 5.92 Å². The number of rotatable bonds is 6. The van der Waals surface area contributed by atoms with E-state index in [1.807, 2.05) is 19.1 Å². The average Bonchev–Trinajstić information content (AvgIpc) is 2.94. The molecule has 2 N–H and O–H groups in total. The highest BCUT2D eigenvalue weighted by atomic mass is 16.1. The summed E-state index contributed by atoms with van der Waals surface area (Å²) in [7, 11) is 0. The molecule has 1 unspecified atom stereocenters. The van der Waals surface area contributed by atoms with E-state index in [9.17, 15) is 4.79 Å². The molecule has 1 aromatic heterocycles. The number of hydrogen-bond acceptors (Lipinski definition) is 4. The summed E-state index contributed by atoms with van der Waals surface area (Å²) in [4.78, 5) is 18.7. The Labute approximate surface area is 120 Å². The van der Waals surface area contributed by atoms with Crippen molar-refractivity contribution in [3.05, 3.63) is 23.9 Å². The van der Waals surface area contributed by atoms with Gasteiger partial charge in [0.25, 0.3) is 5.91 Å². The van der Waals surface area contributed by atoms with Crippen LogP contribution >= 0.6 is 0 Å². The topological polar surface area (TPSA) is 57.3 Å². The quantitative estimate of drug-likeness (QED) is 0.828. The smallest absolute Gasteiger partial charge is 0.252 e. The lowest BCUT2D eigenvalue weighted by molar-refractivity contribution is 0.0947. The molecule has 2 rings (SSSR count). The van der Waals surface area contributed by atoms with E-state index in [-0.39, 0.29) is 5.91 Å². The van der Waals surface area contributed by atoms with E-state index in [0.29, 0.717) is 11.5 Å². The summed E-state index contributed by atoms with van der Waals surface area (Å²) in [5.41, 5.74) is 0.622. The number of carbonyl (C=O) groups is 1. The third kappa shape index (κ3) is 3.93. The normalized spacial score (nSPS) is 19.0. The second kappa shape index (κ2) is 7.24. The maximum atomic E-state index is 12.0. The van der Waals surface area contributed by atoms with Gasteiger partial charge < -0.3 is 15.5 Å². The zero-order valence-corrected chi connectivity index (χ0v) is 12.4. The van der Waals surface area contributed by atoms with E-state index in [1.165, 1.54) is 6.42 Å². The van der Waals surface area contributed by atoms with Crippen molar-refractivity contribution >= 4 is 11.7 Å². The molecule has 1 aliphatic rings. The minimum Gasteiger partial charge on any atom is -0.370 e. The van der Waals surface area contributed by atoms with Gasteiger partial charge >= 0.3 is 0 Å². The molecule has 1 atom stereocenters. The highest BCUT2D eigenvalue weighted by Crippen LogP contribution is 2.14. The summed E-state index contributed by atoms with van der Waals surface area (Å²) in [6.07, 6.45) is 2.80. The molecular weight excluding hydrogens is 252 g/mol. The molecular formula is C15H24N4O. The number of likely N-dealkylation sites (tertiary alicyclic amines) is 1. The first-order valence-electron chi connectivity index (χ1n) is 7.43. The van der Waals surface area contributed by atoms with Crippen LogP contribution in [-0.2, 0) is 0 Å². The molecule has 5 heteroatoms. The minimum absolute atomic E-state index is 0.0319. The molecule has 2 heterocycles. The molecule has 1 saturated heterocycles. The number of aromatic nitrogens is 1. The Bertz CT molecular complexity index is 432. The molecule has 1 amide bonds. The highest BCUT2D eigenvalue weighted by molar-refractivity contribution is 5.94. The van der Waals surface area contributed by atoms with E-state index in [1.54, 1.807) is 6.20 Å². The van der Waals surface area contributed by atoms with Crippen molar-refractivity contribution in [2.24, 2.45) is 5.92 Å². The van der Waals surface area contributed by atoms with Crippen LogP contribution in [-0.4, -0.2) is 48.5 Å². The summed E-state index contributed by atoms with van der Waals surface area (Å²) in [5.74, 6) is 1.35. The monoisotopic (exact) mass is 276 g/mol. The molecule has 0 aliphatic carbocycles. The van der Waals surface area contributed by atoms with Crippen LogP contribution in [0.25, 0.3) is 0 Å². The van der Waals surface area contributed by atoms with Crippen molar-refractivity contribution in [3.63, 3.8) is 0 Å². The first-order valence-corrected chi connectivity index (χ1v) is 7.43. The SMILES string of the molecule is CCNc1ccc(C(=O)NCC2CCN(CC)C2)cn1. The number of nitrogens with one attached hydrogen (secondary N) is 2. The van der Waals surface area contributed by atoms with Gasteiger partial charge in [0.05, 0.1) is 5.56 Å². The number of nitrogens with zero attached hydrogens (tertiary/aromatic N) is 2. The fourth-order valence-electron chi connectivity index (χ4n) is 2.52. The van der Waals surface area contributed by atoms with Crippen molar-refractivity contribution in [1.29, 1.82) is 0 Å². The van der Waals surface area contributed by atoms with Crippen LogP contribution in [0.1, 0.15) is 30.6 Å². The Morgan fingerprint density at radius 3 is 2.90 bits per heavy atom. The lowest BCUT2D eigenvalue weighted by atomic mass is 10.1. The van der Waals surface area contributed by atoms with Gasteiger partial charge in [0, 0.05) is 25.8 Å². The predicted molar refractivity (Wildman–Crippen MR) is 81.0 cm³/mol. The van der Waals surface area contributed by atoms with Crippen molar-refractivity contribution in [3.8, 4) is 0 Å². The third-order valence-electron chi connectivity index (χ3n) is 3.75. The summed E-state index contributed by atoms with van der Waals surface area (Å²) < 4.78 is 0. The van der Waals surface area contributed by atoms with Gasteiger partial charge in [0.2, 0.25) is 0 Å². The van der Waals surface area contributed by atoms with Gasteiger partial charge in [-0.15, -0.1) is 0 Å². The summed E-state index contributed by atoms with van der Waals surface area (Å²) >= 11 is 0.